The maximum Gasteiger partial charge on any atom is 0.190 e. The van der Waals surface area contributed by atoms with Crippen LogP contribution in [0, 0.1) is 11.3 Å². The Morgan fingerprint density at radius 3 is 2.35 bits per heavy atom. The number of hydrogen-bond donors (Lipinski definition) is 1. The zero-order valence-electron chi connectivity index (χ0n) is 11.9. The summed E-state index contributed by atoms with van der Waals surface area (Å²) in [5.74, 6) is -0.843. The number of nitrogens with two attached hydrogens (primary N) is 1. The summed E-state index contributed by atoms with van der Waals surface area (Å²) >= 11 is 0. The van der Waals surface area contributed by atoms with Crippen LogP contribution in [0.2, 0.25) is 0 Å². The lowest BCUT2D eigenvalue weighted by atomic mass is 9.94. The van der Waals surface area contributed by atoms with Crippen LogP contribution in [0.25, 0.3) is 0 Å². The molecule has 0 saturated heterocycles. The van der Waals surface area contributed by atoms with Crippen LogP contribution in [0.3, 0.4) is 0 Å². The van der Waals surface area contributed by atoms with Crippen LogP contribution in [0.15, 0.2) is 30.3 Å². The zero-order chi connectivity index (χ0) is 14.7. The molecule has 3 rings (SSSR count). The molecule has 2 saturated carbocycles. The first kappa shape index (κ1) is 13.5. The summed E-state index contributed by atoms with van der Waals surface area (Å²) in [4.78, 5) is 24.5. The van der Waals surface area contributed by atoms with Crippen molar-refractivity contribution in [3.8, 4) is 0 Å². The van der Waals surface area contributed by atoms with Gasteiger partial charge in [-0.15, -0.1) is 0 Å². The molecule has 2 fully saturated rings. The molecule has 20 heavy (non-hydrogen) atoms. The number of fused-ring (bicyclic) bond motifs is 1. The number of rotatable bonds is 3. The highest BCUT2D eigenvalue weighted by atomic mass is 16.5. The molecule has 0 bridgehead atoms. The molecule has 106 valence electrons. The van der Waals surface area contributed by atoms with Crippen molar-refractivity contribution in [2.75, 3.05) is 0 Å². The molecular weight excluding hydrogens is 254 g/mol. The molecule has 0 aromatic heterocycles. The highest BCUT2D eigenvalue weighted by Gasteiger charge is 2.85. The normalized spacial score (nSPS) is 35.8. The predicted octanol–water partition coefficient (Wildman–Crippen LogP) is 1.64. The molecule has 0 amide bonds. The minimum atomic E-state index is -1.03. The highest BCUT2D eigenvalue weighted by molar-refractivity contribution is 6.23. The fraction of sp³-hybridized carbons (Fsp3) is 0.500. The molecule has 4 atom stereocenters. The summed E-state index contributed by atoms with van der Waals surface area (Å²) < 4.78 is 6.08. The SMILES string of the molecule is CC(OC12C(=O)C(N)C(=O)C1C2(C)C)c1ccccc1. The third-order valence-electron chi connectivity index (χ3n) is 4.87. The maximum atomic E-state index is 12.4. The summed E-state index contributed by atoms with van der Waals surface area (Å²) in [5.41, 5.74) is 5.19. The number of hydrogen-bond acceptors (Lipinski definition) is 4. The lowest BCUT2D eigenvalue weighted by molar-refractivity contribution is -0.141. The first-order chi connectivity index (χ1) is 9.34. The van der Waals surface area contributed by atoms with Crippen LogP contribution in [0.5, 0.6) is 0 Å². The van der Waals surface area contributed by atoms with Crippen molar-refractivity contribution in [2.45, 2.75) is 38.5 Å². The van der Waals surface area contributed by atoms with E-state index in [0.717, 1.165) is 5.56 Å². The topological polar surface area (TPSA) is 69.4 Å². The quantitative estimate of drug-likeness (QED) is 0.850. The first-order valence-electron chi connectivity index (χ1n) is 6.90. The lowest BCUT2D eigenvalue weighted by Crippen LogP contribution is -2.44. The van der Waals surface area contributed by atoms with E-state index in [0.29, 0.717) is 0 Å². The van der Waals surface area contributed by atoms with Gasteiger partial charge < -0.3 is 10.5 Å². The van der Waals surface area contributed by atoms with Crippen LogP contribution >= 0.6 is 0 Å². The molecule has 0 aliphatic heterocycles. The van der Waals surface area contributed by atoms with Gasteiger partial charge in [0.1, 0.15) is 11.6 Å². The van der Waals surface area contributed by atoms with E-state index in [1.807, 2.05) is 51.1 Å². The molecule has 2 N–H and O–H groups in total. The van der Waals surface area contributed by atoms with Gasteiger partial charge in [0.2, 0.25) is 0 Å². The van der Waals surface area contributed by atoms with Crippen LogP contribution in [0.4, 0.5) is 0 Å². The van der Waals surface area contributed by atoms with Gasteiger partial charge in [-0.1, -0.05) is 44.2 Å². The van der Waals surface area contributed by atoms with Crippen molar-refractivity contribution in [3.63, 3.8) is 0 Å². The summed E-state index contributed by atoms with van der Waals surface area (Å²) in [6, 6.07) is 8.67. The third-order valence-corrected chi connectivity index (χ3v) is 4.87. The van der Waals surface area contributed by atoms with Gasteiger partial charge in [-0.05, 0) is 12.5 Å². The second-order valence-corrected chi connectivity index (χ2v) is 6.31. The molecule has 2 aliphatic carbocycles. The van der Waals surface area contributed by atoms with E-state index in [2.05, 4.69) is 0 Å². The van der Waals surface area contributed by atoms with Crippen LogP contribution < -0.4 is 5.73 Å². The number of carbonyl (C=O) groups excluding carboxylic acids is 2. The van der Waals surface area contributed by atoms with Gasteiger partial charge in [-0.25, -0.2) is 0 Å². The van der Waals surface area contributed by atoms with Crippen molar-refractivity contribution < 1.29 is 14.3 Å². The van der Waals surface area contributed by atoms with Crippen LogP contribution in [0.1, 0.15) is 32.4 Å². The number of carbonyl (C=O) groups is 2. The maximum absolute atomic E-state index is 12.4. The van der Waals surface area contributed by atoms with E-state index in [9.17, 15) is 9.59 Å². The molecule has 4 heteroatoms. The summed E-state index contributed by atoms with van der Waals surface area (Å²) in [6.07, 6.45) is -0.248. The van der Waals surface area contributed by atoms with Gasteiger partial charge in [0.05, 0.1) is 12.0 Å². The number of ether oxygens (including phenoxy) is 1. The fourth-order valence-corrected chi connectivity index (χ4v) is 3.63. The fourth-order valence-electron chi connectivity index (χ4n) is 3.63. The summed E-state index contributed by atoms with van der Waals surface area (Å²) in [5, 5.41) is 0. The Morgan fingerprint density at radius 1 is 1.20 bits per heavy atom. The molecule has 1 aromatic rings. The number of Topliss-reactive ketones (excluding diaryl/α,β-unsaturated/α-hetero) is 2. The van der Waals surface area contributed by atoms with Crippen LogP contribution in [-0.2, 0) is 14.3 Å². The molecule has 0 heterocycles. The second-order valence-electron chi connectivity index (χ2n) is 6.31. The Morgan fingerprint density at radius 2 is 1.80 bits per heavy atom. The van der Waals surface area contributed by atoms with Crippen molar-refractivity contribution in [3.05, 3.63) is 35.9 Å². The molecular formula is C16H19NO3. The van der Waals surface area contributed by atoms with E-state index in [4.69, 9.17) is 10.5 Å². The standard InChI is InChI=1S/C16H19NO3/c1-9(10-7-5-4-6-8-10)20-16-13(15(16,2)3)12(18)11(17)14(16)19/h4-9,11,13H,17H2,1-3H3. The zero-order valence-corrected chi connectivity index (χ0v) is 11.9. The lowest BCUT2D eigenvalue weighted by Gasteiger charge is -2.24. The van der Waals surface area contributed by atoms with Crippen molar-refractivity contribution >= 4 is 11.6 Å². The molecule has 1 aromatic carbocycles. The number of ketones is 2. The Balaban J connectivity index is 1.90. The summed E-state index contributed by atoms with van der Waals surface area (Å²) in [7, 11) is 0. The smallest absolute Gasteiger partial charge is 0.190 e. The van der Waals surface area contributed by atoms with Gasteiger partial charge in [-0.2, -0.15) is 0 Å². The molecule has 4 unspecified atom stereocenters. The Hall–Kier alpha value is -1.52. The van der Waals surface area contributed by atoms with Gasteiger partial charge in [0.15, 0.2) is 11.6 Å². The monoisotopic (exact) mass is 273 g/mol. The third kappa shape index (κ3) is 1.43. The molecule has 4 nitrogen and oxygen atoms in total. The van der Waals surface area contributed by atoms with Gasteiger partial charge in [0.25, 0.3) is 0 Å². The van der Waals surface area contributed by atoms with Crippen molar-refractivity contribution in [1.29, 1.82) is 0 Å². The Labute approximate surface area is 118 Å². The van der Waals surface area contributed by atoms with Gasteiger partial charge in [0, 0.05) is 5.41 Å². The van der Waals surface area contributed by atoms with Gasteiger partial charge >= 0.3 is 0 Å². The van der Waals surface area contributed by atoms with E-state index in [-0.39, 0.29) is 17.7 Å². The number of benzene rings is 1. The van der Waals surface area contributed by atoms with E-state index >= 15 is 0 Å². The van der Waals surface area contributed by atoms with Crippen LogP contribution in [-0.4, -0.2) is 23.2 Å². The Kier molecular flexibility index (Phi) is 2.69. The predicted molar refractivity (Wildman–Crippen MR) is 73.9 cm³/mol. The van der Waals surface area contributed by atoms with E-state index < -0.39 is 23.0 Å². The second kappa shape index (κ2) is 3.99. The van der Waals surface area contributed by atoms with E-state index in [1.54, 1.807) is 0 Å². The van der Waals surface area contributed by atoms with E-state index in [1.165, 1.54) is 0 Å². The molecule has 2 aliphatic rings. The van der Waals surface area contributed by atoms with Crippen molar-refractivity contribution in [1.82, 2.24) is 0 Å². The Bertz CT molecular complexity index is 581. The van der Waals surface area contributed by atoms with Gasteiger partial charge in [-0.3, -0.25) is 9.59 Å². The minimum absolute atomic E-state index is 0.180. The highest BCUT2D eigenvalue weighted by Crippen LogP contribution is 2.69. The summed E-state index contributed by atoms with van der Waals surface area (Å²) in [6.45, 7) is 5.70. The van der Waals surface area contributed by atoms with Crippen molar-refractivity contribution in [2.24, 2.45) is 17.1 Å². The largest absolute Gasteiger partial charge is 0.358 e. The molecule has 0 radical (unpaired) electrons. The first-order valence-corrected chi connectivity index (χ1v) is 6.90. The molecule has 0 spiro atoms. The minimum Gasteiger partial charge on any atom is -0.358 e. The average molecular weight is 273 g/mol. The average Bonchev–Trinajstić information content (AvgIpc) is 2.85.